The second-order valence-corrected chi connectivity index (χ2v) is 7.58. The van der Waals surface area contributed by atoms with E-state index in [1.165, 1.54) is 11.9 Å². The van der Waals surface area contributed by atoms with E-state index < -0.39 is 0 Å². The first-order valence-corrected chi connectivity index (χ1v) is 9.08. The van der Waals surface area contributed by atoms with Crippen LogP contribution in [0, 0.1) is 0 Å². The van der Waals surface area contributed by atoms with Crippen molar-refractivity contribution < 1.29 is 9.53 Å². The number of hydrogen-bond donors (Lipinski definition) is 0. The van der Waals surface area contributed by atoms with E-state index >= 15 is 0 Å². The van der Waals surface area contributed by atoms with E-state index in [1.807, 2.05) is 30.3 Å². The Hall–Kier alpha value is -2.95. The van der Waals surface area contributed by atoms with Gasteiger partial charge in [0, 0.05) is 6.54 Å². The van der Waals surface area contributed by atoms with Crippen molar-refractivity contribution in [2.45, 2.75) is 39.2 Å². The fraction of sp³-hybridized carbons (Fsp3) is 0.318. The number of aryl methyl sites for hydroxylation is 1. The van der Waals surface area contributed by atoms with Gasteiger partial charge in [0.15, 0.2) is 0 Å². The Morgan fingerprint density at radius 1 is 1.07 bits per heavy atom. The summed E-state index contributed by atoms with van der Waals surface area (Å²) in [4.78, 5) is 28.8. The van der Waals surface area contributed by atoms with E-state index in [4.69, 9.17) is 4.74 Å². The third-order valence-corrected chi connectivity index (χ3v) is 4.49. The molecule has 1 aromatic heterocycles. The highest BCUT2D eigenvalue weighted by molar-refractivity contribution is 5.89. The van der Waals surface area contributed by atoms with Crippen molar-refractivity contribution in [1.82, 2.24) is 9.55 Å². The first kappa shape index (κ1) is 18.8. The number of benzene rings is 2. The molecule has 5 nitrogen and oxygen atoms in total. The van der Waals surface area contributed by atoms with Crippen molar-refractivity contribution in [3.05, 3.63) is 76.3 Å². The average Bonchev–Trinajstić information content (AvgIpc) is 2.66. The number of ether oxygens (including phenoxy) is 1. The number of carbonyl (C=O) groups is 1. The van der Waals surface area contributed by atoms with Gasteiger partial charge in [-0.3, -0.25) is 9.36 Å². The number of carbonyl (C=O) groups excluding carboxylic acids is 1. The van der Waals surface area contributed by atoms with Crippen LogP contribution in [0.2, 0.25) is 0 Å². The molecule has 5 heteroatoms. The second-order valence-electron chi connectivity index (χ2n) is 7.58. The van der Waals surface area contributed by atoms with E-state index in [9.17, 15) is 9.59 Å². The van der Waals surface area contributed by atoms with Crippen molar-refractivity contribution in [3.8, 4) is 0 Å². The van der Waals surface area contributed by atoms with Gasteiger partial charge in [-0.25, -0.2) is 9.78 Å². The molecule has 2 aromatic carbocycles. The van der Waals surface area contributed by atoms with Crippen LogP contribution in [0.1, 0.15) is 43.1 Å². The molecular weight excluding hydrogens is 340 g/mol. The van der Waals surface area contributed by atoms with E-state index in [2.05, 4.69) is 25.8 Å². The molecule has 0 saturated carbocycles. The lowest BCUT2D eigenvalue weighted by atomic mass is 9.87. The molecule has 0 spiro atoms. The first-order chi connectivity index (χ1) is 12.9. The van der Waals surface area contributed by atoms with Crippen LogP contribution in [-0.2, 0) is 16.7 Å². The summed E-state index contributed by atoms with van der Waals surface area (Å²) in [6, 6.07) is 14.8. The van der Waals surface area contributed by atoms with E-state index in [0.29, 0.717) is 29.4 Å². The number of esters is 1. The quantitative estimate of drug-likeness (QED) is 0.508. The number of hydrogen-bond acceptors (Lipinski definition) is 4. The highest BCUT2D eigenvalue weighted by Crippen LogP contribution is 2.22. The molecule has 27 heavy (non-hydrogen) atoms. The van der Waals surface area contributed by atoms with Gasteiger partial charge < -0.3 is 4.74 Å². The monoisotopic (exact) mass is 364 g/mol. The summed E-state index contributed by atoms with van der Waals surface area (Å²) in [5, 5.41) is 0.593. The lowest BCUT2D eigenvalue weighted by Gasteiger charge is -2.18. The molecule has 3 aromatic rings. The van der Waals surface area contributed by atoms with Gasteiger partial charge in [0.1, 0.15) is 0 Å². The number of rotatable bonds is 5. The zero-order chi connectivity index (χ0) is 19.4. The van der Waals surface area contributed by atoms with Gasteiger partial charge >= 0.3 is 5.97 Å². The van der Waals surface area contributed by atoms with E-state index in [1.54, 1.807) is 22.8 Å². The van der Waals surface area contributed by atoms with E-state index in [-0.39, 0.29) is 23.6 Å². The molecule has 1 heterocycles. The maximum atomic E-state index is 12.4. The van der Waals surface area contributed by atoms with Crippen LogP contribution in [0.25, 0.3) is 10.9 Å². The lowest BCUT2D eigenvalue weighted by molar-refractivity contribution is 0.0495. The van der Waals surface area contributed by atoms with Crippen molar-refractivity contribution in [2.24, 2.45) is 0 Å². The molecule has 0 fully saturated rings. The van der Waals surface area contributed by atoms with Crippen LogP contribution in [0.15, 0.2) is 59.7 Å². The predicted molar refractivity (Wildman–Crippen MR) is 106 cm³/mol. The molecule has 0 bridgehead atoms. The standard InChI is InChI=1S/C22H24N2O3/c1-22(2,3)17-11-9-16(10-12-17)21(26)27-14-6-13-24-15-23-19-8-5-4-7-18(19)20(24)25/h4-5,7-12,15H,6,13-14H2,1-3H3. The molecule has 0 aliphatic heterocycles. The minimum Gasteiger partial charge on any atom is -0.462 e. The SMILES string of the molecule is CC(C)(C)c1ccc(C(=O)OCCCn2cnc3ccccc3c2=O)cc1. The van der Waals surface area contributed by atoms with Crippen LogP contribution < -0.4 is 5.56 Å². The third kappa shape index (κ3) is 4.42. The molecule has 3 rings (SSSR count). The maximum absolute atomic E-state index is 12.4. The van der Waals surface area contributed by atoms with Crippen molar-refractivity contribution in [2.75, 3.05) is 6.61 Å². The van der Waals surface area contributed by atoms with Crippen LogP contribution in [-0.4, -0.2) is 22.1 Å². The summed E-state index contributed by atoms with van der Waals surface area (Å²) >= 11 is 0. The maximum Gasteiger partial charge on any atom is 0.338 e. The number of nitrogens with zero attached hydrogens (tertiary/aromatic N) is 2. The summed E-state index contributed by atoms with van der Waals surface area (Å²) in [7, 11) is 0. The molecule has 0 saturated heterocycles. The van der Waals surface area contributed by atoms with Gasteiger partial charge in [-0.05, 0) is 41.7 Å². The molecule has 140 valence electrons. The lowest BCUT2D eigenvalue weighted by Crippen LogP contribution is -2.21. The first-order valence-electron chi connectivity index (χ1n) is 9.08. The number of fused-ring (bicyclic) bond motifs is 1. The fourth-order valence-electron chi connectivity index (χ4n) is 2.85. The molecule has 0 radical (unpaired) electrons. The average molecular weight is 364 g/mol. The van der Waals surface area contributed by atoms with Gasteiger partial charge in [0.25, 0.3) is 5.56 Å². The topological polar surface area (TPSA) is 61.2 Å². The largest absolute Gasteiger partial charge is 0.462 e. The van der Waals surface area contributed by atoms with Gasteiger partial charge in [-0.1, -0.05) is 45.0 Å². The molecular formula is C22H24N2O3. The minimum absolute atomic E-state index is 0.0452. The highest BCUT2D eigenvalue weighted by atomic mass is 16.5. The Balaban J connectivity index is 1.55. The number of aromatic nitrogens is 2. The summed E-state index contributed by atoms with van der Waals surface area (Å²) in [5.74, 6) is -0.348. The summed E-state index contributed by atoms with van der Waals surface area (Å²) in [6.07, 6.45) is 2.09. The van der Waals surface area contributed by atoms with Gasteiger partial charge in [0.2, 0.25) is 0 Å². The van der Waals surface area contributed by atoms with Crippen LogP contribution >= 0.6 is 0 Å². The smallest absolute Gasteiger partial charge is 0.338 e. The summed E-state index contributed by atoms with van der Waals surface area (Å²) < 4.78 is 6.88. The predicted octanol–water partition coefficient (Wildman–Crippen LogP) is 3.94. The summed E-state index contributed by atoms with van der Waals surface area (Å²) in [5.41, 5.74) is 2.35. The van der Waals surface area contributed by atoms with Crippen LogP contribution in [0.3, 0.4) is 0 Å². The Kier molecular flexibility index (Phi) is 5.40. The zero-order valence-electron chi connectivity index (χ0n) is 15.9. The van der Waals surface area contributed by atoms with Crippen LogP contribution in [0.5, 0.6) is 0 Å². The Morgan fingerprint density at radius 3 is 2.48 bits per heavy atom. The Morgan fingerprint density at radius 2 is 1.78 bits per heavy atom. The Labute approximate surface area is 158 Å². The normalized spacial score (nSPS) is 11.5. The number of para-hydroxylation sites is 1. The van der Waals surface area contributed by atoms with Crippen molar-refractivity contribution in [3.63, 3.8) is 0 Å². The fourth-order valence-corrected chi connectivity index (χ4v) is 2.85. The Bertz CT molecular complexity index is 998. The minimum atomic E-state index is -0.348. The molecule has 0 unspecified atom stereocenters. The second kappa shape index (κ2) is 7.74. The highest BCUT2D eigenvalue weighted by Gasteiger charge is 2.14. The molecule has 0 aliphatic rings. The van der Waals surface area contributed by atoms with Gasteiger partial charge in [-0.15, -0.1) is 0 Å². The molecule has 0 atom stereocenters. The summed E-state index contributed by atoms with van der Waals surface area (Å²) in [6.45, 7) is 7.09. The third-order valence-electron chi connectivity index (χ3n) is 4.49. The molecule has 0 N–H and O–H groups in total. The zero-order valence-corrected chi connectivity index (χ0v) is 15.9. The molecule has 0 aliphatic carbocycles. The van der Waals surface area contributed by atoms with Gasteiger partial charge in [-0.2, -0.15) is 0 Å². The van der Waals surface area contributed by atoms with Gasteiger partial charge in [0.05, 0.1) is 29.4 Å². The molecule has 0 amide bonds. The van der Waals surface area contributed by atoms with Crippen molar-refractivity contribution >= 4 is 16.9 Å². The van der Waals surface area contributed by atoms with Crippen LogP contribution in [0.4, 0.5) is 0 Å². The van der Waals surface area contributed by atoms with E-state index in [0.717, 1.165) is 0 Å². The van der Waals surface area contributed by atoms with Crippen molar-refractivity contribution in [1.29, 1.82) is 0 Å².